The van der Waals surface area contributed by atoms with Crippen molar-refractivity contribution in [3.63, 3.8) is 0 Å². The van der Waals surface area contributed by atoms with Crippen LogP contribution in [-0.2, 0) is 13.1 Å². The minimum absolute atomic E-state index is 0.204. The maximum absolute atomic E-state index is 13.1. The molecule has 0 aliphatic heterocycles. The summed E-state index contributed by atoms with van der Waals surface area (Å²) in [4.78, 5) is 35.1. The fraction of sp³-hybridized carbons (Fsp3) is 0.217. The van der Waals surface area contributed by atoms with E-state index in [9.17, 15) is 9.59 Å². The van der Waals surface area contributed by atoms with Crippen molar-refractivity contribution in [2.45, 2.75) is 26.9 Å². The monoisotopic (exact) mass is 402 g/mol. The summed E-state index contributed by atoms with van der Waals surface area (Å²) >= 11 is 0. The van der Waals surface area contributed by atoms with Crippen LogP contribution in [0.15, 0.2) is 64.3 Å². The molecule has 0 atom stereocenters. The lowest BCUT2D eigenvalue weighted by atomic mass is 10.1. The van der Waals surface area contributed by atoms with Gasteiger partial charge in [-0.1, -0.05) is 29.8 Å². The van der Waals surface area contributed by atoms with Crippen LogP contribution in [-0.4, -0.2) is 26.2 Å². The molecule has 7 heteroatoms. The van der Waals surface area contributed by atoms with Crippen LogP contribution in [0.3, 0.4) is 0 Å². The molecule has 152 valence electrons. The highest BCUT2D eigenvalue weighted by atomic mass is 16.5. The van der Waals surface area contributed by atoms with Crippen molar-refractivity contribution in [1.29, 1.82) is 0 Å². The van der Waals surface area contributed by atoms with E-state index in [1.165, 1.54) is 15.3 Å². The average molecular weight is 402 g/mol. The first-order chi connectivity index (χ1) is 14.5. The molecule has 0 radical (unpaired) electrons. The molecular weight excluding hydrogens is 380 g/mol. The lowest BCUT2D eigenvalue weighted by Gasteiger charge is -2.13. The molecular formula is C23H22N4O3. The van der Waals surface area contributed by atoms with Gasteiger partial charge in [-0.2, -0.15) is 0 Å². The van der Waals surface area contributed by atoms with E-state index in [0.29, 0.717) is 23.4 Å². The topological polar surface area (TPSA) is 79.0 Å². The summed E-state index contributed by atoms with van der Waals surface area (Å²) < 4.78 is 7.94. The molecule has 2 aromatic heterocycles. The van der Waals surface area contributed by atoms with Crippen molar-refractivity contribution in [2.24, 2.45) is 0 Å². The van der Waals surface area contributed by atoms with Gasteiger partial charge in [0.15, 0.2) is 11.5 Å². The van der Waals surface area contributed by atoms with Crippen molar-refractivity contribution in [1.82, 2.24) is 19.1 Å². The maximum atomic E-state index is 13.1. The zero-order valence-electron chi connectivity index (χ0n) is 17.1. The second-order valence-corrected chi connectivity index (χ2v) is 7.07. The van der Waals surface area contributed by atoms with E-state index < -0.39 is 0 Å². The highest BCUT2D eigenvalue weighted by Gasteiger charge is 2.16. The van der Waals surface area contributed by atoms with Gasteiger partial charge in [0.05, 0.1) is 13.7 Å². The number of methoxy groups -OCH3 is 1. The number of benzene rings is 2. The molecule has 0 saturated heterocycles. The molecule has 2 aromatic carbocycles. The number of aromatic nitrogens is 4. The van der Waals surface area contributed by atoms with Gasteiger partial charge < -0.3 is 4.74 Å². The van der Waals surface area contributed by atoms with Crippen molar-refractivity contribution in [3.8, 4) is 17.1 Å². The Kier molecular flexibility index (Phi) is 5.18. The van der Waals surface area contributed by atoms with Crippen molar-refractivity contribution in [2.75, 3.05) is 7.11 Å². The molecule has 0 aliphatic carbocycles. The average Bonchev–Trinajstić information content (AvgIpc) is 2.77. The normalized spacial score (nSPS) is 11.0. The number of aryl methyl sites for hydroxylation is 2. The van der Waals surface area contributed by atoms with Crippen LogP contribution in [0.5, 0.6) is 5.75 Å². The van der Waals surface area contributed by atoms with Gasteiger partial charge in [-0.05, 0) is 43.7 Å². The third kappa shape index (κ3) is 3.50. The third-order valence-electron chi connectivity index (χ3n) is 5.05. The second-order valence-electron chi connectivity index (χ2n) is 7.07. The SMILES string of the molecule is CCn1c(=O)n(Cc2cccc(C)c2)c(=O)c2cnc(-c3ccc(OC)cc3)nc21. The quantitative estimate of drug-likeness (QED) is 0.513. The van der Waals surface area contributed by atoms with E-state index in [-0.39, 0.29) is 17.8 Å². The Labute approximate surface area is 173 Å². The second kappa shape index (κ2) is 7.94. The van der Waals surface area contributed by atoms with Gasteiger partial charge in [-0.25, -0.2) is 14.8 Å². The van der Waals surface area contributed by atoms with Gasteiger partial charge in [-0.15, -0.1) is 0 Å². The summed E-state index contributed by atoms with van der Waals surface area (Å²) in [6, 6.07) is 15.1. The molecule has 0 aliphatic rings. The Hall–Kier alpha value is -3.74. The maximum Gasteiger partial charge on any atom is 0.332 e. The van der Waals surface area contributed by atoms with E-state index in [1.54, 1.807) is 7.11 Å². The third-order valence-corrected chi connectivity index (χ3v) is 5.05. The van der Waals surface area contributed by atoms with Crippen LogP contribution in [0.2, 0.25) is 0 Å². The Morgan fingerprint density at radius 2 is 1.80 bits per heavy atom. The minimum Gasteiger partial charge on any atom is -0.497 e. The number of hydrogen-bond donors (Lipinski definition) is 0. The molecule has 7 nitrogen and oxygen atoms in total. The van der Waals surface area contributed by atoms with Crippen LogP contribution >= 0.6 is 0 Å². The van der Waals surface area contributed by atoms with Gasteiger partial charge >= 0.3 is 5.69 Å². The largest absolute Gasteiger partial charge is 0.497 e. The minimum atomic E-state index is -0.387. The van der Waals surface area contributed by atoms with Crippen molar-refractivity contribution in [3.05, 3.63) is 86.7 Å². The molecule has 0 N–H and O–H groups in total. The van der Waals surface area contributed by atoms with Crippen LogP contribution in [0.25, 0.3) is 22.4 Å². The standard InChI is InChI=1S/C23H22N4O3/c1-4-26-21-19(13-24-20(25-21)17-8-10-18(30-3)11-9-17)22(28)27(23(26)29)14-16-7-5-6-15(2)12-16/h5-13H,4,14H2,1-3H3. The van der Waals surface area contributed by atoms with Crippen LogP contribution in [0.4, 0.5) is 0 Å². The van der Waals surface area contributed by atoms with Crippen LogP contribution in [0, 0.1) is 6.92 Å². The lowest BCUT2D eigenvalue weighted by Crippen LogP contribution is -2.40. The first-order valence-corrected chi connectivity index (χ1v) is 9.72. The summed E-state index contributed by atoms with van der Waals surface area (Å²) in [5.41, 5.74) is 2.32. The Morgan fingerprint density at radius 3 is 2.47 bits per heavy atom. The van der Waals surface area contributed by atoms with E-state index in [1.807, 2.05) is 62.4 Å². The van der Waals surface area contributed by atoms with Gasteiger partial charge in [0.2, 0.25) is 0 Å². The summed E-state index contributed by atoms with van der Waals surface area (Å²) in [5, 5.41) is 0.321. The summed E-state index contributed by atoms with van der Waals surface area (Å²) in [6.45, 7) is 4.43. The van der Waals surface area contributed by atoms with Gasteiger partial charge in [-0.3, -0.25) is 13.9 Å². The fourth-order valence-electron chi connectivity index (χ4n) is 3.49. The van der Waals surface area contributed by atoms with E-state index in [4.69, 9.17) is 4.74 Å². The molecule has 0 fully saturated rings. The Morgan fingerprint density at radius 1 is 1.03 bits per heavy atom. The van der Waals surface area contributed by atoms with E-state index in [0.717, 1.165) is 22.4 Å². The summed E-state index contributed by atoms with van der Waals surface area (Å²) in [5.74, 6) is 1.17. The zero-order valence-corrected chi connectivity index (χ0v) is 17.1. The van der Waals surface area contributed by atoms with Crippen molar-refractivity contribution < 1.29 is 4.74 Å². The number of hydrogen-bond acceptors (Lipinski definition) is 5. The summed E-state index contributed by atoms with van der Waals surface area (Å²) in [6.07, 6.45) is 1.50. The molecule has 0 spiro atoms. The predicted octanol–water partition coefficient (Wildman–Crippen LogP) is 3.01. The molecule has 0 amide bonds. The van der Waals surface area contributed by atoms with E-state index >= 15 is 0 Å². The number of nitrogens with zero attached hydrogens (tertiary/aromatic N) is 4. The Bertz CT molecular complexity index is 1340. The molecule has 4 rings (SSSR count). The smallest absolute Gasteiger partial charge is 0.332 e. The number of ether oxygens (including phenoxy) is 1. The van der Waals surface area contributed by atoms with E-state index in [2.05, 4.69) is 9.97 Å². The molecule has 30 heavy (non-hydrogen) atoms. The zero-order chi connectivity index (χ0) is 21.3. The highest BCUT2D eigenvalue weighted by molar-refractivity contribution is 5.75. The molecule has 0 unspecified atom stereocenters. The van der Waals surface area contributed by atoms with Gasteiger partial charge in [0.1, 0.15) is 11.1 Å². The van der Waals surface area contributed by atoms with Gasteiger partial charge in [0.25, 0.3) is 5.56 Å². The van der Waals surface area contributed by atoms with Crippen LogP contribution in [0.1, 0.15) is 18.1 Å². The molecule has 2 heterocycles. The Balaban J connectivity index is 1.87. The first-order valence-electron chi connectivity index (χ1n) is 9.72. The number of rotatable bonds is 5. The fourth-order valence-corrected chi connectivity index (χ4v) is 3.49. The molecule has 4 aromatic rings. The van der Waals surface area contributed by atoms with Gasteiger partial charge in [0, 0.05) is 18.3 Å². The van der Waals surface area contributed by atoms with Crippen molar-refractivity contribution >= 4 is 11.0 Å². The molecule has 0 bridgehead atoms. The predicted molar refractivity (Wildman–Crippen MR) is 116 cm³/mol. The number of fused-ring (bicyclic) bond motifs is 1. The lowest BCUT2D eigenvalue weighted by molar-refractivity contribution is 0.415. The highest BCUT2D eigenvalue weighted by Crippen LogP contribution is 2.20. The van der Waals surface area contributed by atoms with Crippen LogP contribution < -0.4 is 16.0 Å². The first kappa shape index (κ1) is 19.6. The summed E-state index contributed by atoms with van der Waals surface area (Å²) in [7, 11) is 1.60. The molecule has 0 saturated carbocycles.